The number of aryl methyl sites for hydroxylation is 2. The maximum absolute atomic E-state index is 10.6. The molecule has 0 saturated heterocycles. The van der Waals surface area contributed by atoms with Crippen molar-refractivity contribution in [3.05, 3.63) is 39.1 Å². The van der Waals surface area contributed by atoms with Crippen molar-refractivity contribution in [1.82, 2.24) is 0 Å². The molecule has 0 spiro atoms. The summed E-state index contributed by atoms with van der Waals surface area (Å²) in [6, 6.07) is 1.65. The summed E-state index contributed by atoms with van der Waals surface area (Å²) in [5.74, 6) is -1.20. The minimum Gasteiger partial charge on any atom is -0.477 e. The van der Waals surface area contributed by atoms with Crippen LogP contribution in [0.4, 0.5) is 0 Å². The van der Waals surface area contributed by atoms with Crippen LogP contribution in [0.2, 0.25) is 0 Å². The highest BCUT2D eigenvalue weighted by Crippen LogP contribution is 2.25. The highest BCUT2D eigenvalue weighted by atomic mass is 32.1. The fourth-order valence-corrected chi connectivity index (χ4v) is 2.66. The summed E-state index contributed by atoms with van der Waals surface area (Å²) >= 11 is 1.72. The molecule has 4 heteroatoms. The zero-order chi connectivity index (χ0) is 13.5. The van der Waals surface area contributed by atoms with Gasteiger partial charge < -0.3 is 5.11 Å². The maximum atomic E-state index is 10.6. The maximum Gasteiger partial charge on any atom is 0.346 e. The van der Waals surface area contributed by atoms with Gasteiger partial charge in [0.15, 0.2) is 0 Å². The van der Waals surface area contributed by atoms with Gasteiger partial charge in [0.25, 0.3) is 0 Å². The molecule has 1 aromatic heterocycles. The number of carboxylic acid groups (broad SMARTS) is 1. The third-order valence-electron chi connectivity index (χ3n) is 2.57. The van der Waals surface area contributed by atoms with Gasteiger partial charge >= 0.3 is 5.97 Å². The van der Waals surface area contributed by atoms with E-state index in [1.807, 2.05) is 6.08 Å². The van der Waals surface area contributed by atoms with Crippen molar-refractivity contribution in [2.24, 2.45) is 0 Å². The number of hydrogen-bond donors (Lipinski definition) is 1. The van der Waals surface area contributed by atoms with Crippen LogP contribution in [0.1, 0.15) is 29.9 Å². The van der Waals surface area contributed by atoms with E-state index in [0.717, 1.165) is 18.4 Å². The van der Waals surface area contributed by atoms with E-state index >= 15 is 0 Å². The molecule has 0 radical (unpaired) electrons. The molecule has 0 aliphatic carbocycles. The van der Waals surface area contributed by atoms with Crippen LogP contribution in [-0.4, -0.2) is 11.1 Å². The molecule has 0 bridgehead atoms. The summed E-state index contributed by atoms with van der Waals surface area (Å²) in [6.07, 6.45) is 6.75. The Morgan fingerprint density at radius 3 is 2.72 bits per heavy atom. The van der Waals surface area contributed by atoms with Crippen LogP contribution in [0, 0.1) is 11.3 Å². The molecule has 1 rings (SSSR count). The lowest BCUT2D eigenvalue weighted by Crippen LogP contribution is -1.96. The van der Waals surface area contributed by atoms with Crippen LogP contribution < -0.4 is 0 Å². The van der Waals surface area contributed by atoms with Crippen LogP contribution >= 0.6 is 11.3 Å². The van der Waals surface area contributed by atoms with Crippen LogP contribution in [0.5, 0.6) is 0 Å². The number of hydrogen-bond acceptors (Lipinski definition) is 3. The molecule has 0 aliphatic rings. The monoisotopic (exact) mass is 261 g/mol. The van der Waals surface area contributed by atoms with Gasteiger partial charge in [0.2, 0.25) is 0 Å². The van der Waals surface area contributed by atoms with Gasteiger partial charge in [-0.25, -0.2) is 4.79 Å². The van der Waals surface area contributed by atoms with E-state index in [-0.39, 0.29) is 5.57 Å². The van der Waals surface area contributed by atoms with Gasteiger partial charge in [-0.3, -0.25) is 0 Å². The highest BCUT2D eigenvalue weighted by Gasteiger charge is 2.06. The molecule has 3 nitrogen and oxygen atoms in total. The summed E-state index contributed by atoms with van der Waals surface area (Å²) < 4.78 is 0. The summed E-state index contributed by atoms with van der Waals surface area (Å²) in [5, 5.41) is 19.5. The summed E-state index contributed by atoms with van der Waals surface area (Å²) in [6.45, 7) is 4.18. The lowest BCUT2D eigenvalue weighted by Gasteiger charge is -1.98. The topological polar surface area (TPSA) is 61.1 Å². The van der Waals surface area contributed by atoms with Gasteiger partial charge in [-0.1, -0.05) is 26.0 Å². The van der Waals surface area contributed by atoms with E-state index in [9.17, 15) is 4.79 Å². The first-order valence-electron chi connectivity index (χ1n) is 5.75. The first-order valence-corrected chi connectivity index (χ1v) is 6.62. The predicted octanol–water partition coefficient (Wildman–Crippen LogP) is 3.42. The number of thiophene rings is 1. The molecule has 0 atom stereocenters. The minimum atomic E-state index is -1.20. The first-order chi connectivity index (χ1) is 8.63. The molecule has 0 aromatic carbocycles. The smallest absolute Gasteiger partial charge is 0.346 e. The highest BCUT2D eigenvalue weighted by molar-refractivity contribution is 7.10. The molecule has 0 fully saturated rings. The van der Waals surface area contributed by atoms with Crippen molar-refractivity contribution in [1.29, 1.82) is 5.26 Å². The Balaban J connectivity index is 3.01. The van der Waals surface area contributed by atoms with Gasteiger partial charge in [0.1, 0.15) is 11.6 Å². The largest absolute Gasteiger partial charge is 0.477 e. The van der Waals surface area contributed by atoms with E-state index in [1.165, 1.54) is 16.5 Å². The fourth-order valence-electron chi connectivity index (χ4n) is 1.59. The molecule has 1 heterocycles. The van der Waals surface area contributed by atoms with Crippen LogP contribution in [0.3, 0.4) is 0 Å². The van der Waals surface area contributed by atoms with E-state index in [4.69, 9.17) is 10.4 Å². The van der Waals surface area contributed by atoms with Crippen molar-refractivity contribution < 1.29 is 9.90 Å². The second-order valence-corrected chi connectivity index (χ2v) is 4.63. The predicted molar refractivity (Wildman–Crippen MR) is 73.4 cm³/mol. The third-order valence-corrected chi connectivity index (χ3v) is 3.76. The van der Waals surface area contributed by atoms with Crippen molar-refractivity contribution in [3.8, 4) is 6.07 Å². The Kier molecular flexibility index (Phi) is 5.34. The number of carboxylic acids is 1. The number of nitriles is 1. The quantitative estimate of drug-likeness (QED) is 0.502. The molecule has 0 unspecified atom stereocenters. The second kappa shape index (κ2) is 6.77. The number of allylic oxidation sites excluding steroid dienone is 2. The second-order valence-electron chi connectivity index (χ2n) is 3.66. The van der Waals surface area contributed by atoms with E-state index in [0.29, 0.717) is 0 Å². The Labute approximate surface area is 111 Å². The number of carbonyl (C=O) groups is 1. The molecule has 0 saturated carbocycles. The van der Waals surface area contributed by atoms with Crippen molar-refractivity contribution in [2.45, 2.75) is 26.7 Å². The summed E-state index contributed by atoms with van der Waals surface area (Å²) in [4.78, 5) is 11.9. The van der Waals surface area contributed by atoms with Crippen LogP contribution in [0.25, 0.3) is 6.08 Å². The number of rotatable bonds is 5. The molecule has 0 amide bonds. The Hall–Kier alpha value is -1.86. The van der Waals surface area contributed by atoms with Gasteiger partial charge in [0.05, 0.1) is 0 Å². The summed E-state index contributed by atoms with van der Waals surface area (Å²) in [5.41, 5.74) is 2.16. The zero-order valence-corrected chi connectivity index (χ0v) is 11.3. The fraction of sp³-hybridized carbons (Fsp3) is 0.286. The van der Waals surface area contributed by atoms with Gasteiger partial charge in [-0.15, -0.1) is 11.3 Å². The van der Waals surface area contributed by atoms with Crippen molar-refractivity contribution >= 4 is 23.4 Å². The first kappa shape index (κ1) is 14.2. The van der Waals surface area contributed by atoms with Gasteiger partial charge in [0, 0.05) is 4.88 Å². The molecule has 0 aliphatic heterocycles. The summed E-state index contributed by atoms with van der Waals surface area (Å²) in [7, 11) is 0. The van der Waals surface area contributed by atoms with E-state index in [2.05, 4.69) is 19.2 Å². The van der Waals surface area contributed by atoms with Crippen LogP contribution in [0.15, 0.2) is 23.1 Å². The van der Waals surface area contributed by atoms with Crippen LogP contribution in [-0.2, 0) is 17.6 Å². The molecule has 94 valence electrons. The Morgan fingerprint density at radius 2 is 2.22 bits per heavy atom. The molecule has 1 N–H and O–H groups in total. The van der Waals surface area contributed by atoms with Crippen molar-refractivity contribution in [2.75, 3.05) is 0 Å². The molecular weight excluding hydrogens is 246 g/mol. The van der Waals surface area contributed by atoms with E-state index < -0.39 is 5.97 Å². The minimum absolute atomic E-state index is 0.252. The third kappa shape index (κ3) is 3.31. The standard InChI is InChI=1S/C14H15NO2S/c1-3-10-9-18-13(4-2)12(10)7-5-6-11(8-15)14(16)17/h5-7,9H,3-4H2,1-2H3,(H,16,17). The molecular formula is C14H15NO2S. The average Bonchev–Trinajstić information content (AvgIpc) is 2.76. The normalized spacial score (nSPS) is 11.7. The van der Waals surface area contributed by atoms with Crippen molar-refractivity contribution in [3.63, 3.8) is 0 Å². The number of aliphatic carboxylic acids is 1. The lowest BCUT2D eigenvalue weighted by atomic mass is 10.1. The SMILES string of the molecule is CCc1csc(CC)c1C=CC=C(C#N)C(=O)O. The van der Waals surface area contributed by atoms with Gasteiger partial charge in [-0.2, -0.15) is 5.26 Å². The number of nitrogens with zero attached hydrogens (tertiary/aromatic N) is 1. The Morgan fingerprint density at radius 1 is 1.50 bits per heavy atom. The lowest BCUT2D eigenvalue weighted by molar-refractivity contribution is -0.132. The molecule has 1 aromatic rings. The Bertz CT molecular complexity index is 511. The average molecular weight is 261 g/mol. The molecule has 18 heavy (non-hydrogen) atoms. The van der Waals surface area contributed by atoms with Gasteiger partial charge in [-0.05, 0) is 35.4 Å². The zero-order valence-electron chi connectivity index (χ0n) is 10.4. The van der Waals surface area contributed by atoms with E-state index in [1.54, 1.807) is 23.5 Å².